The number of fused-ring (bicyclic) bond motifs is 1. The van der Waals surface area contributed by atoms with Crippen molar-refractivity contribution in [1.82, 2.24) is 9.80 Å². The third kappa shape index (κ3) is 4.13. The molecule has 7 heteroatoms. The molecule has 1 saturated heterocycles. The standard InChI is InChI=1S/C20H24N2O5/c1-3-18(23)21-8-6-14(7-9-21)19(24)22-10-11-27-17-12-15(20(25)26-2)4-5-16(17)13-22/h3-5,12,14H,1,6-11,13H2,2H3. The molecule has 0 aromatic heterocycles. The summed E-state index contributed by atoms with van der Waals surface area (Å²) in [6.45, 7) is 5.97. The third-order valence-corrected chi connectivity index (χ3v) is 5.11. The van der Waals surface area contributed by atoms with Gasteiger partial charge in [0.05, 0.1) is 19.2 Å². The van der Waals surface area contributed by atoms with E-state index in [4.69, 9.17) is 9.47 Å². The topological polar surface area (TPSA) is 76.2 Å². The molecule has 2 amide bonds. The van der Waals surface area contributed by atoms with Crippen molar-refractivity contribution in [2.45, 2.75) is 19.4 Å². The number of carbonyl (C=O) groups is 3. The molecule has 0 spiro atoms. The van der Waals surface area contributed by atoms with E-state index in [0.29, 0.717) is 56.9 Å². The Kier molecular flexibility index (Phi) is 5.78. The lowest BCUT2D eigenvalue weighted by Crippen LogP contribution is -2.44. The first-order valence-electron chi connectivity index (χ1n) is 9.07. The highest BCUT2D eigenvalue weighted by Crippen LogP contribution is 2.27. The van der Waals surface area contributed by atoms with Gasteiger partial charge in [-0.15, -0.1) is 0 Å². The summed E-state index contributed by atoms with van der Waals surface area (Å²) in [4.78, 5) is 39.9. The molecule has 7 nitrogen and oxygen atoms in total. The maximum atomic E-state index is 13.0. The smallest absolute Gasteiger partial charge is 0.337 e. The van der Waals surface area contributed by atoms with E-state index in [1.54, 1.807) is 28.0 Å². The maximum Gasteiger partial charge on any atom is 0.337 e. The Morgan fingerprint density at radius 2 is 1.93 bits per heavy atom. The Labute approximate surface area is 158 Å². The van der Waals surface area contributed by atoms with Crippen molar-refractivity contribution in [2.75, 3.05) is 33.4 Å². The summed E-state index contributed by atoms with van der Waals surface area (Å²) in [5.41, 5.74) is 1.29. The van der Waals surface area contributed by atoms with E-state index in [0.717, 1.165) is 5.56 Å². The molecule has 2 heterocycles. The zero-order valence-corrected chi connectivity index (χ0v) is 15.5. The van der Waals surface area contributed by atoms with Gasteiger partial charge in [-0.05, 0) is 31.1 Å². The first kappa shape index (κ1) is 18.9. The molecule has 2 aliphatic rings. The van der Waals surface area contributed by atoms with Crippen LogP contribution in [0.4, 0.5) is 0 Å². The van der Waals surface area contributed by atoms with Crippen LogP contribution in [0.2, 0.25) is 0 Å². The van der Waals surface area contributed by atoms with Gasteiger partial charge >= 0.3 is 5.97 Å². The Morgan fingerprint density at radius 1 is 1.19 bits per heavy atom. The first-order valence-corrected chi connectivity index (χ1v) is 9.07. The number of amides is 2. The zero-order chi connectivity index (χ0) is 19.4. The van der Waals surface area contributed by atoms with Crippen LogP contribution < -0.4 is 4.74 Å². The number of methoxy groups -OCH3 is 1. The van der Waals surface area contributed by atoms with Gasteiger partial charge in [0, 0.05) is 31.1 Å². The molecule has 144 valence electrons. The molecule has 0 saturated carbocycles. The molecule has 1 fully saturated rings. The Balaban J connectivity index is 1.66. The fourth-order valence-electron chi connectivity index (χ4n) is 3.54. The summed E-state index contributed by atoms with van der Waals surface area (Å²) in [5, 5.41) is 0. The highest BCUT2D eigenvalue weighted by Gasteiger charge is 2.31. The number of hydrogen-bond donors (Lipinski definition) is 0. The number of likely N-dealkylation sites (tertiary alicyclic amines) is 1. The van der Waals surface area contributed by atoms with Crippen LogP contribution in [0.1, 0.15) is 28.8 Å². The zero-order valence-electron chi connectivity index (χ0n) is 15.5. The number of benzene rings is 1. The van der Waals surface area contributed by atoms with Crippen molar-refractivity contribution in [3.8, 4) is 5.75 Å². The Morgan fingerprint density at radius 3 is 2.59 bits per heavy atom. The van der Waals surface area contributed by atoms with Gasteiger partial charge in [-0.3, -0.25) is 9.59 Å². The summed E-state index contributed by atoms with van der Waals surface area (Å²) in [6.07, 6.45) is 2.63. The van der Waals surface area contributed by atoms with Crippen LogP contribution in [0.25, 0.3) is 0 Å². The SMILES string of the molecule is C=CC(=O)N1CCC(C(=O)N2CCOc3cc(C(=O)OC)ccc3C2)CC1. The number of piperidine rings is 1. The quantitative estimate of drug-likeness (QED) is 0.595. The second kappa shape index (κ2) is 8.24. The van der Waals surface area contributed by atoms with E-state index in [1.165, 1.54) is 13.2 Å². The molecular formula is C20H24N2O5. The van der Waals surface area contributed by atoms with Gasteiger partial charge in [-0.2, -0.15) is 0 Å². The number of esters is 1. The number of carbonyl (C=O) groups excluding carboxylic acids is 3. The monoisotopic (exact) mass is 372 g/mol. The van der Waals surface area contributed by atoms with Crippen LogP contribution in [0.3, 0.4) is 0 Å². The van der Waals surface area contributed by atoms with Crippen molar-refractivity contribution < 1.29 is 23.9 Å². The minimum absolute atomic E-state index is 0.0839. The molecule has 3 rings (SSSR count). The van der Waals surface area contributed by atoms with Crippen molar-refractivity contribution in [1.29, 1.82) is 0 Å². The third-order valence-electron chi connectivity index (χ3n) is 5.11. The van der Waals surface area contributed by atoms with Crippen LogP contribution in [0, 0.1) is 5.92 Å². The summed E-state index contributed by atoms with van der Waals surface area (Å²) >= 11 is 0. The van der Waals surface area contributed by atoms with E-state index in [2.05, 4.69) is 6.58 Å². The van der Waals surface area contributed by atoms with Gasteiger partial charge in [0.25, 0.3) is 0 Å². The minimum atomic E-state index is -0.417. The molecular weight excluding hydrogens is 348 g/mol. The van der Waals surface area contributed by atoms with E-state index in [1.807, 2.05) is 0 Å². The molecule has 0 aliphatic carbocycles. The summed E-state index contributed by atoms with van der Waals surface area (Å²) < 4.78 is 10.5. The fourth-order valence-corrected chi connectivity index (χ4v) is 3.54. The lowest BCUT2D eigenvalue weighted by atomic mass is 9.95. The lowest BCUT2D eigenvalue weighted by Gasteiger charge is -2.33. The van der Waals surface area contributed by atoms with E-state index in [9.17, 15) is 14.4 Å². The molecule has 0 atom stereocenters. The fraction of sp³-hybridized carbons (Fsp3) is 0.450. The molecule has 0 N–H and O–H groups in total. The first-order chi connectivity index (χ1) is 13.0. The van der Waals surface area contributed by atoms with Gasteiger partial charge in [-0.25, -0.2) is 4.79 Å². The maximum absolute atomic E-state index is 13.0. The van der Waals surface area contributed by atoms with E-state index >= 15 is 0 Å². The van der Waals surface area contributed by atoms with E-state index in [-0.39, 0.29) is 17.7 Å². The average Bonchev–Trinajstić information content (AvgIpc) is 2.93. The second-order valence-corrected chi connectivity index (χ2v) is 6.73. The van der Waals surface area contributed by atoms with Crippen LogP contribution in [-0.2, 0) is 20.9 Å². The molecule has 2 aliphatic heterocycles. The largest absolute Gasteiger partial charge is 0.491 e. The normalized spacial score (nSPS) is 17.4. The molecule has 0 radical (unpaired) electrons. The van der Waals surface area contributed by atoms with Gasteiger partial charge in [0.15, 0.2) is 0 Å². The highest BCUT2D eigenvalue weighted by atomic mass is 16.5. The minimum Gasteiger partial charge on any atom is -0.491 e. The highest BCUT2D eigenvalue weighted by molar-refractivity contribution is 5.90. The molecule has 0 bridgehead atoms. The predicted molar refractivity (Wildman–Crippen MR) is 98.2 cm³/mol. The summed E-state index contributed by atoms with van der Waals surface area (Å²) in [6, 6.07) is 5.15. The second-order valence-electron chi connectivity index (χ2n) is 6.73. The number of rotatable bonds is 3. The molecule has 1 aromatic carbocycles. The molecule has 1 aromatic rings. The van der Waals surface area contributed by atoms with Gasteiger partial charge in [0.2, 0.25) is 11.8 Å². The van der Waals surface area contributed by atoms with E-state index < -0.39 is 5.97 Å². The summed E-state index contributed by atoms with van der Waals surface area (Å²) in [7, 11) is 1.34. The Hall–Kier alpha value is -2.83. The van der Waals surface area contributed by atoms with Crippen LogP contribution in [0.5, 0.6) is 5.75 Å². The van der Waals surface area contributed by atoms with Gasteiger partial charge in [0.1, 0.15) is 12.4 Å². The number of hydrogen-bond acceptors (Lipinski definition) is 5. The number of nitrogens with zero attached hydrogens (tertiary/aromatic N) is 2. The van der Waals surface area contributed by atoms with Gasteiger partial charge < -0.3 is 19.3 Å². The van der Waals surface area contributed by atoms with Crippen LogP contribution >= 0.6 is 0 Å². The van der Waals surface area contributed by atoms with Crippen LogP contribution in [0.15, 0.2) is 30.9 Å². The average molecular weight is 372 g/mol. The van der Waals surface area contributed by atoms with Crippen molar-refractivity contribution in [3.63, 3.8) is 0 Å². The predicted octanol–water partition coefficient (Wildman–Crippen LogP) is 1.62. The van der Waals surface area contributed by atoms with Crippen molar-refractivity contribution in [2.24, 2.45) is 5.92 Å². The van der Waals surface area contributed by atoms with Crippen LogP contribution in [-0.4, -0.2) is 60.9 Å². The van der Waals surface area contributed by atoms with Crippen molar-refractivity contribution in [3.05, 3.63) is 42.0 Å². The summed E-state index contributed by atoms with van der Waals surface area (Å²) in [5.74, 6) is 0.113. The van der Waals surface area contributed by atoms with Gasteiger partial charge in [-0.1, -0.05) is 12.6 Å². The number of ether oxygens (including phenoxy) is 2. The lowest BCUT2D eigenvalue weighted by molar-refractivity contribution is -0.140. The molecule has 0 unspecified atom stereocenters. The Bertz CT molecular complexity index is 753. The van der Waals surface area contributed by atoms with Crippen molar-refractivity contribution >= 4 is 17.8 Å². The molecule has 27 heavy (non-hydrogen) atoms.